The predicted octanol–water partition coefficient (Wildman–Crippen LogP) is 2.64. The number of unbranched alkanes of at least 4 members (excludes halogenated alkanes) is 2. The van der Waals surface area contributed by atoms with Gasteiger partial charge in [-0.2, -0.15) is 0 Å². The van der Waals surface area contributed by atoms with Gasteiger partial charge in [-0.15, -0.1) is 4.91 Å². The summed E-state index contributed by atoms with van der Waals surface area (Å²) in [7, 11) is 0. The zero-order valence-electron chi connectivity index (χ0n) is 8.37. The highest BCUT2D eigenvalue weighted by Crippen LogP contribution is 2.09. The van der Waals surface area contributed by atoms with Gasteiger partial charge in [0.15, 0.2) is 6.04 Å². The molecule has 1 unspecified atom stereocenters. The molecular weight excluding hydrogens is 250 g/mol. The molecule has 0 rings (SSSR count). The largest absolute Gasteiger partial charge is 0.464 e. The number of halogens is 1. The van der Waals surface area contributed by atoms with Crippen LogP contribution in [0.3, 0.4) is 0 Å². The quantitative estimate of drug-likeness (QED) is 0.294. The Kier molecular flexibility index (Phi) is 8.83. The SMILES string of the molecule is CCOC(=O)C(CCCCCBr)N=O. The first-order valence-electron chi connectivity index (χ1n) is 4.81. The second kappa shape index (κ2) is 9.12. The van der Waals surface area contributed by atoms with Crippen LogP contribution in [0.5, 0.6) is 0 Å². The molecule has 4 nitrogen and oxygen atoms in total. The molecule has 0 N–H and O–H groups in total. The Bertz CT molecular complexity index is 175. The first-order chi connectivity index (χ1) is 6.76. The predicted molar refractivity (Wildman–Crippen MR) is 58.5 cm³/mol. The fraction of sp³-hybridized carbons (Fsp3) is 0.889. The minimum Gasteiger partial charge on any atom is -0.464 e. The minimum absolute atomic E-state index is 0.298. The summed E-state index contributed by atoms with van der Waals surface area (Å²) in [5.41, 5.74) is 0. The number of carbonyl (C=O) groups is 1. The van der Waals surface area contributed by atoms with Crippen molar-refractivity contribution in [2.45, 2.75) is 38.6 Å². The van der Waals surface area contributed by atoms with Crippen LogP contribution in [0, 0.1) is 4.91 Å². The van der Waals surface area contributed by atoms with Crippen molar-refractivity contribution in [3.63, 3.8) is 0 Å². The van der Waals surface area contributed by atoms with Crippen molar-refractivity contribution in [3.8, 4) is 0 Å². The molecule has 0 bridgehead atoms. The van der Waals surface area contributed by atoms with Crippen molar-refractivity contribution in [2.75, 3.05) is 11.9 Å². The fourth-order valence-electron chi connectivity index (χ4n) is 1.06. The maximum atomic E-state index is 11.1. The van der Waals surface area contributed by atoms with E-state index in [-0.39, 0.29) is 0 Å². The second-order valence-electron chi connectivity index (χ2n) is 2.91. The smallest absolute Gasteiger partial charge is 0.334 e. The van der Waals surface area contributed by atoms with E-state index in [2.05, 4.69) is 21.1 Å². The number of nitroso groups, excluding NO2 is 1. The van der Waals surface area contributed by atoms with E-state index in [1.54, 1.807) is 6.92 Å². The van der Waals surface area contributed by atoms with E-state index in [1.807, 2.05) is 0 Å². The zero-order valence-corrected chi connectivity index (χ0v) is 9.96. The topological polar surface area (TPSA) is 55.7 Å². The molecule has 1 atom stereocenters. The normalized spacial score (nSPS) is 12.1. The summed E-state index contributed by atoms with van der Waals surface area (Å²) >= 11 is 3.31. The van der Waals surface area contributed by atoms with Crippen LogP contribution >= 0.6 is 15.9 Å². The molecule has 0 radical (unpaired) electrons. The van der Waals surface area contributed by atoms with E-state index in [0.29, 0.717) is 13.0 Å². The molecule has 0 saturated heterocycles. The molecule has 0 amide bonds. The number of carbonyl (C=O) groups excluding carboxylic acids is 1. The number of nitrogens with zero attached hydrogens (tertiary/aromatic N) is 1. The van der Waals surface area contributed by atoms with E-state index in [1.165, 1.54) is 0 Å². The zero-order chi connectivity index (χ0) is 10.8. The Hall–Kier alpha value is -0.450. The number of hydrogen-bond acceptors (Lipinski definition) is 4. The Morgan fingerprint density at radius 2 is 2.14 bits per heavy atom. The second-order valence-corrected chi connectivity index (χ2v) is 3.70. The molecule has 0 aliphatic rings. The van der Waals surface area contributed by atoms with E-state index >= 15 is 0 Å². The highest BCUT2D eigenvalue weighted by atomic mass is 79.9. The highest BCUT2D eigenvalue weighted by Gasteiger charge is 2.19. The van der Waals surface area contributed by atoms with Crippen molar-refractivity contribution in [2.24, 2.45) is 5.18 Å². The molecule has 82 valence electrons. The average molecular weight is 266 g/mol. The number of esters is 1. The van der Waals surface area contributed by atoms with E-state index in [4.69, 9.17) is 4.74 Å². The summed E-state index contributed by atoms with van der Waals surface area (Å²) in [6, 6.07) is -0.815. The van der Waals surface area contributed by atoms with E-state index in [9.17, 15) is 9.70 Å². The van der Waals surface area contributed by atoms with Crippen LogP contribution in [0.2, 0.25) is 0 Å². The first-order valence-corrected chi connectivity index (χ1v) is 5.93. The molecule has 0 fully saturated rings. The third kappa shape index (κ3) is 6.07. The van der Waals surface area contributed by atoms with Crippen LogP contribution in [0.25, 0.3) is 0 Å². The van der Waals surface area contributed by atoms with Crippen LogP contribution in [0.15, 0.2) is 5.18 Å². The van der Waals surface area contributed by atoms with Gasteiger partial charge in [-0.1, -0.05) is 33.9 Å². The van der Waals surface area contributed by atoms with Gasteiger partial charge >= 0.3 is 5.97 Å². The molecule has 0 aromatic heterocycles. The lowest BCUT2D eigenvalue weighted by Gasteiger charge is -2.07. The third-order valence-electron chi connectivity index (χ3n) is 1.80. The first kappa shape index (κ1) is 13.5. The maximum Gasteiger partial charge on any atom is 0.334 e. The molecule has 14 heavy (non-hydrogen) atoms. The van der Waals surface area contributed by atoms with Gasteiger partial charge in [0.1, 0.15) is 0 Å². The summed E-state index contributed by atoms with van der Waals surface area (Å²) < 4.78 is 4.71. The number of hydrogen-bond donors (Lipinski definition) is 0. The summed E-state index contributed by atoms with van der Waals surface area (Å²) in [4.78, 5) is 21.4. The summed E-state index contributed by atoms with van der Waals surface area (Å²) in [6.07, 6.45) is 3.38. The Morgan fingerprint density at radius 3 is 2.64 bits per heavy atom. The molecular formula is C9H16BrNO3. The molecule has 0 spiro atoms. The number of ether oxygens (including phenoxy) is 1. The van der Waals surface area contributed by atoms with Crippen molar-refractivity contribution < 1.29 is 9.53 Å². The van der Waals surface area contributed by atoms with Gasteiger partial charge in [0.25, 0.3) is 0 Å². The van der Waals surface area contributed by atoms with Gasteiger partial charge in [0.05, 0.1) is 6.61 Å². The maximum absolute atomic E-state index is 11.1. The summed E-state index contributed by atoms with van der Waals surface area (Å²) in [5.74, 6) is -0.499. The van der Waals surface area contributed by atoms with Crippen molar-refractivity contribution in [1.29, 1.82) is 0 Å². The van der Waals surface area contributed by atoms with Gasteiger partial charge in [-0.05, 0) is 19.8 Å². The highest BCUT2D eigenvalue weighted by molar-refractivity contribution is 9.09. The number of rotatable bonds is 8. The molecule has 0 saturated carbocycles. The van der Waals surface area contributed by atoms with Crippen LogP contribution in [0.1, 0.15) is 32.6 Å². The number of alkyl halides is 1. The minimum atomic E-state index is -0.815. The lowest BCUT2D eigenvalue weighted by atomic mass is 10.1. The van der Waals surface area contributed by atoms with Crippen LogP contribution in [-0.4, -0.2) is 23.9 Å². The van der Waals surface area contributed by atoms with Gasteiger partial charge < -0.3 is 4.74 Å². The third-order valence-corrected chi connectivity index (χ3v) is 2.36. The van der Waals surface area contributed by atoms with Gasteiger partial charge in [0, 0.05) is 5.33 Å². The van der Waals surface area contributed by atoms with E-state index in [0.717, 1.165) is 24.6 Å². The van der Waals surface area contributed by atoms with Gasteiger partial charge in [0.2, 0.25) is 0 Å². The average Bonchev–Trinajstić information content (AvgIpc) is 2.18. The standard InChI is InChI=1S/C9H16BrNO3/c1-2-14-9(12)8(11-13)6-4-3-5-7-10/h8H,2-7H2,1H3. The fourth-order valence-corrected chi connectivity index (χ4v) is 1.46. The molecule has 0 heterocycles. The van der Waals surface area contributed by atoms with Crippen molar-refractivity contribution in [3.05, 3.63) is 4.91 Å². The lowest BCUT2D eigenvalue weighted by Crippen LogP contribution is -2.20. The molecule has 0 aliphatic carbocycles. The van der Waals surface area contributed by atoms with Gasteiger partial charge in [-0.3, -0.25) is 0 Å². The van der Waals surface area contributed by atoms with Gasteiger partial charge in [-0.25, -0.2) is 4.79 Å². The molecule has 0 aromatic carbocycles. The monoisotopic (exact) mass is 265 g/mol. The Labute approximate surface area is 92.5 Å². The lowest BCUT2D eigenvalue weighted by molar-refractivity contribution is -0.144. The Balaban J connectivity index is 3.67. The van der Waals surface area contributed by atoms with Crippen LogP contribution < -0.4 is 0 Å². The van der Waals surface area contributed by atoms with Crippen molar-refractivity contribution >= 4 is 21.9 Å². The molecule has 0 aromatic rings. The van der Waals surface area contributed by atoms with E-state index < -0.39 is 12.0 Å². The summed E-state index contributed by atoms with van der Waals surface area (Å²) in [6.45, 7) is 2.01. The Morgan fingerprint density at radius 1 is 1.43 bits per heavy atom. The van der Waals surface area contributed by atoms with Crippen molar-refractivity contribution in [1.82, 2.24) is 0 Å². The van der Waals surface area contributed by atoms with Crippen LogP contribution in [-0.2, 0) is 9.53 Å². The molecule has 5 heteroatoms. The summed E-state index contributed by atoms with van der Waals surface area (Å²) in [5, 5.41) is 3.72. The molecule has 0 aliphatic heterocycles. The van der Waals surface area contributed by atoms with Crippen LogP contribution in [0.4, 0.5) is 0 Å².